The second kappa shape index (κ2) is 15.2. The number of amides is 2. The van der Waals surface area contributed by atoms with Crippen molar-refractivity contribution in [3.63, 3.8) is 0 Å². The minimum absolute atomic E-state index is 0.00389. The predicted molar refractivity (Wildman–Crippen MR) is 182 cm³/mol. The van der Waals surface area contributed by atoms with Crippen LogP contribution >= 0.6 is 23.2 Å². The highest BCUT2D eigenvalue weighted by Gasteiger charge is 2.29. The Labute approximate surface area is 284 Å². The fraction of sp³-hybridized carbons (Fsp3) is 0.333. The number of rotatable bonds is 12. The number of benzene rings is 3. The second-order valence-electron chi connectivity index (χ2n) is 10.7. The average Bonchev–Trinajstić information content (AvgIpc) is 3.03. The van der Waals surface area contributed by atoms with Gasteiger partial charge in [0.05, 0.1) is 35.6 Å². The van der Waals surface area contributed by atoms with Gasteiger partial charge in [-0.3, -0.25) is 13.9 Å². The maximum atomic E-state index is 13.5. The smallest absolute Gasteiger partial charge is 0.257 e. The third kappa shape index (κ3) is 8.73. The molecule has 1 fully saturated rings. The summed E-state index contributed by atoms with van der Waals surface area (Å²) >= 11 is 12.2. The number of nitrogens with zero attached hydrogens (tertiary/aromatic N) is 4. The largest absolute Gasteiger partial charge is 0.395 e. The molecule has 0 aromatic heterocycles. The van der Waals surface area contributed by atoms with Crippen LogP contribution in [0.15, 0.2) is 65.6 Å². The summed E-state index contributed by atoms with van der Waals surface area (Å²) in [6, 6.07) is 14.6. The number of aliphatic hydroxyl groups excluding tert-OH is 2. The van der Waals surface area contributed by atoms with Crippen molar-refractivity contribution < 1.29 is 36.6 Å². The molecule has 254 valence electrons. The number of nitrogens with one attached hydrogen (secondary N) is 1. The van der Waals surface area contributed by atoms with Gasteiger partial charge in [0.15, 0.2) is 0 Å². The molecule has 17 heteroatoms. The molecule has 1 aliphatic rings. The third-order valence-corrected chi connectivity index (χ3v) is 11.1. The summed E-state index contributed by atoms with van der Waals surface area (Å²) in [5, 5.41) is 22.3. The van der Waals surface area contributed by atoms with Crippen LogP contribution in [0.25, 0.3) is 0 Å². The Balaban J connectivity index is 1.52. The van der Waals surface area contributed by atoms with E-state index in [1.165, 1.54) is 58.7 Å². The summed E-state index contributed by atoms with van der Waals surface area (Å²) < 4.78 is 53.7. The normalized spacial score (nSPS) is 14.1. The van der Waals surface area contributed by atoms with E-state index in [-0.39, 0.29) is 66.8 Å². The Hall–Kier alpha value is -3.44. The van der Waals surface area contributed by atoms with Crippen LogP contribution < -0.4 is 14.5 Å². The van der Waals surface area contributed by atoms with Gasteiger partial charge in [0.25, 0.3) is 11.8 Å². The molecule has 0 bridgehead atoms. The number of hydrogen-bond acceptors (Lipinski definition) is 9. The van der Waals surface area contributed by atoms with Gasteiger partial charge in [-0.15, -0.1) is 0 Å². The zero-order valence-electron chi connectivity index (χ0n) is 25.6. The molecule has 0 radical (unpaired) electrons. The highest BCUT2D eigenvalue weighted by atomic mass is 35.5. The Kier molecular flexibility index (Phi) is 11.8. The lowest BCUT2D eigenvalue weighted by Gasteiger charge is -2.35. The van der Waals surface area contributed by atoms with Crippen LogP contribution in [0.1, 0.15) is 20.7 Å². The van der Waals surface area contributed by atoms with Crippen molar-refractivity contribution in [1.82, 2.24) is 9.21 Å². The van der Waals surface area contributed by atoms with E-state index in [0.29, 0.717) is 23.1 Å². The maximum absolute atomic E-state index is 13.5. The highest BCUT2D eigenvalue weighted by molar-refractivity contribution is 7.92. The second-order valence-corrected chi connectivity index (χ2v) is 15.5. The SMILES string of the molecule is CN(c1ccc(C(=O)N(CCO)CCO)cc1C(=O)Nc1ccc(S(=O)(=O)N2CCN(c3cc(Cl)cc(Cl)c3)CC2)cc1)S(C)(=O)=O. The van der Waals surface area contributed by atoms with Crippen molar-refractivity contribution in [2.24, 2.45) is 0 Å². The lowest BCUT2D eigenvalue weighted by atomic mass is 10.1. The van der Waals surface area contributed by atoms with Gasteiger partial charge in [0, 0.05) is 73.3 Å². The Morgan fingerprint density at radius 2 is 1.43 bits per heavy atom. The van der Waals surface area contributed by atoms with Gasteiger partial charge in [0.1, 0.15) is 0 Å². The molecule has 47 heavy (non-hydrogen) atoms. The number of halogens is 2. The molecular weight excluding hydrogens is 693 g/mol. The standard InChI is InChI=1S/C30H35Cl2N5O8S2/c1-34(46(2,42)43)28-8-3-21(30(41)36(13-15-38)14-16-39)17-27(28)29(40)33-24-4-6-26(7-5-24)47(44,45)37-11-9-35(10-12-37)25-19-22(31)18-23(32)20-25/h3-8,17-20,38-39H,9-16H2,1-2H3,(H,33,40). The predicted octanol–water partition coefficient (Wildman–Crippen LogP) is 2.58. The molecule has 0 saturated carbocycles. The van der Waals surface area contributed by atoms with Crippen molar-refractivity contribution in [1.29, 1.82) is 0 Å². The van der Waals surface area contributed by atoms with Crippen LogP contribution in [-0.2, 0) is 20.0 Å². The molecule has 1 saturated heterocycles. The highest BCUT2D eigenvalue weighted by Crippen LogP contribution is 2.29. The monoisotopic (exact) mass is 727 g/mol. The van der Waals surface area contributed by atoms with Crippen LogP contribution in [0.2, 0.25) is 10.0 Å². The van der Waals surface area contributed by atoms with Crippen molar-refractivity contribution in [3.05, 3.63) is 81.8 Å². The number of carbonyl (C=O) groups is 2. The van der Waals surface area contributed by atoms with Gasteiger partial charge in [-0.1, -0.05) is 23.2 Å². The van der Waals surface area contributed by atoms with E-state index in [1.807, 2.05) is 4.90 Å². The fourth-order valence-corrected chi connectivity index (χ4v) is 7.46. The molecule has 2 amide bonds. The summed E-state index contributed by atoms with van der Waals surface area (Å²) in [4.78, 5) is 29.8. The number of piperazine rings is 1. The minimum Gasteiger partial charge on any atom is -0.395 e. The van der Waals surface area contributed by atoms with E-state index in [0.717, 1.165) is 16.2 Å². The molecule has 0 aliphatic carbocycles. The zero-order valence-corrected chi connectivity index (χ0v) is 28.8. The zero-order chi connectivity index (χ0) is 34.5. The van der Waals surface area contributed by atoms with E-state index in [2.05, 4.69) is 5.32 Å². The Bertz CT molecular complexity index is 1810. The van der Waals surface area contributed by atoms with Crippen LogP contribution in [-0.4, -0.2) is 114 Å². The summed E-state index contributed by atoms with van der Waals surface area (Å²) in [5.74, 6) is -1.34. The number of carbonyl (C=O) groups excluding carboxylic acids is 2. The molecular formula is C30H35Cl2N5O8S2. The average molecular weight is 729 g/mol. The summed E-state index contributed by atoms with van der Waals surface area (Å²) in [6.07, 6.45) is 0.962. The van der Waals surface area contributed by atoms with E-state index >= 15 is 0 Å². The van der Waals surface area contributed by atoms with E-state index < -0.39 is 31.9 Å². The molecule has 1 heterocycles. The summed E-state index contributed by atoms with van der Waals surface area (Å²) in [7, 11) is -6.40. The molecule has 0 atom stereocenters. The van der Waals surface area contributed by atoms with Crippen LogP contribution in [0.4, 0.5) is 17.1 Å². The Morgan fingerprint density at radius 1 is 0.851 bits per heavy atom. The van der Waals surface area contributed by atoms with Crippen LogP contribution in [0.3, 0.4) is 0 Å². The molecule has 1 aliphatic heterocycles. The lowest BCUT2D eigenvalue weighted by Crippen LogP contribution is -2.48. The molecule has 0 spiro atoms. The van der Waals surface area contributed by atoms with Crippen molar-refractivity contribution in [2.45, 2.75) is 4.90 Å². The maximum Gasteiger partial charge on any atom is 0.257 e. The first-order valence-electron chi connectivity index (χ1n) is 14.4. The van der Waals surface area contributed by atoms with Crippen molar-refractivity contribution >= 4 is 72.1 Å². The van der Waals surface area contributed by atoms with Crippen molar-refractivity contribution in [3.8, 4) is 0 Å². The number of aliphatic hydroxyl groups is 2. The first-order valence-corrected chi connectivity index (χ1v) is 18.4. The van der Waals surface area contributed by atoms with E-state index in [9.17, 15) is 36.6 Å². The van der Waals surface area contributed by atoms with Gasteiger partial charge in [-0.25, -0.2) is 16.8 Å². The summed E-state index contributed by atoms with van der Waals surface area (Å²) in [5.41, 5.74) is 0.905. The molecule has 0 unspecified atom stereocenters. The molecule has 4 rings (SSSR count). The lowest BCUT2D eigenvalue weighted by molar-refractivity contribution is 0.0685. The van der Waals surface area contributed by atoms with E-state index in [1.54, 1.807) is 18.2 Å². The summed E-state index contributed by atoms with van der Waals surface area (Å²) in [6.45, 7) is 0.473. The van der Waals surface area contributed by atoms with Crippen LogP contribution in [0.5, 0.6) is 0 Å². The molecule has 3 N–H and O–H groups in total. The molecule has 3 aromatic carbocycles. The van der Waals surface area contributed by atoms with Gasteiger partial charge >= 0.3 is 0 Å². The minimum atomic E-state index is -3.86. The van der Waals surface area contributed by atoms with Gasteiger partial charge in [0.2, 0.25) is 20.0 Å². The topological polar surface area (TPSA) is 168 Å². The first-order chi connectivity index (χ1) is 22.1. The number of hydrogen-bond donors (Lipinski definition) is 3. The molecule has 13 nitrogen and oxygen atoms in total. The third-order valence-electron chi connectivity index (χ3n) is 7.55. The van der Waals surface area contributed by atoms with E-state index in [4.69, 9.17) is 23.2 Å². The number of sulfonamides is 2. The quantitative estimate of drug-likeness (QED) is 0.254. The van der Waals surface area contributed by atoms with Crippen LogP contribution in [0, 0.1) is 0 Å². The Morgan fingerprint density at radius 3 is 1.96 bits per heavy atom. The van der Waals surface area contributed by atoms with Gasteiger partial charge < -0.3 is 25.3 Å². The van der Waals surface area contributed by atoms with Crippen molar-refractivity contribution in [2.75, 3.05) is 80.3 Å². The molecule has 3 aromatic rings. The van der Waals surface area contributed by atoms with Gasteiger partial charge in [-0.05, 0) is 60.7 Å². The first kappa shape index (κ1) is 36.4. The van der Waals surface area contributed by atoms with Gasteiger partial charge in [-0.2, -0.15) is 4.31 Å². The number of anilines is 3. The fourth-order valence-electron chi connectivity index (χ4n) is 5.01.